The van der Waals surface area contributed by atoms with Gasteiger partial charge in [0.25, 0.3) is 5.91 Å². The Bertz CT molecular complexity index is 1060. The Balaban J connectivity index is 1.56. The number of anilines is 3. The number of hydrogen-bond donors (Lipinski definition) is 1. The van der Waals surface area contributed by atoms with E-state index >= 15 is 0 Å². The minimum atomic E-state index is -0.151. The standard InChI is InChI=1S/C22H18N4OS/c1-26(18-7-3-2-4-8-18)21-10-6-5-9-19(21)22(27)23-17-13-11-16(12-14-17)20-15-28-25-24-20/h2-15H,1H3,(H,23,27). The Morgan fingerprint density at radius 2 is 1.64 bits per heavy atom. The second-order valence-electron chi connectivity index (χ2n) is 6.23. The van der Waals surface area contributed by atoms with Crippen molar-refractivity contribution in [3.63, 3.8) is 0 Å². The molecule has 28 heavy (non-hydrogen) atoms. The Morgan fingerprint density at radius 1 is 0.929 bits per heavy atom. The number of carbonyl (C=O) groups excluding carboxylic acids is 1. The first-order valence-corrected chi connectivity index (χ1v) is 9.63. The van der Waals surface area contributed by atoms with Gasteiger partial charge in [0.1, 0.15) is 5.69 Å². The highest BCUT2D eigenvalue weighted by Crippen LogP contribution is 2.28. The lowest BCUT2D eigenvalue weighted by Crippen LogP contribution is -2.18. The molecular formula is C22H18N4OS. The molecular weight excluding hydrogens is 368 g/mol. The highest BCUT2D eigenvalue weighted by Gasteiger charge is 2.15. The Morgan fingerprint density at radius 3 is 2.36 bits per heavy atom. The summed E-state index contributed by atoms with van der Waals surface area (Å²) in [5.74, 6) is -0.151. The van der Waals surface area contributed by atoms with Crippen molar-refractivity contribution in [2.75, 3.05) is 17.3 Å². The molecule has 0 saturated heterocycles. The van der Waals surface area contributed by atoms with E-state index in [2.05, 4.69) is 14.9 Å². The van der Waals surface area contributed by atoms with E-state index in [0.29, 0.717) is 5.56 Å². The minimum absolute atomic E-state index is 0.151. The number of rotatable bonds is 5. The molecule has 0 aliphatic carbocycles. The SMILES string of the molecule is CN(c1ccccc1)c1ccccc1C(=O)Nc1ccc(-c2csnn2)cc1. The molecule has 5 nitrogen and oxygen atoms in total. The molecule has 4 aromatic rings. The van der Waals surface area contributed by atoms with E-state index in [4.69, 9.17) is 0 Å². The Hall–Kier alpha value is -3.51. The van der Waals surface area contributed by atoms with Crippen LogP contribution >= 0.6 is 11.5 Å². The van der Waals surface area contributed by atoms with Gasteiger partial charge < -0.3 is 10.2 Å². The van der Waals surface area contributed by atoms with Crippen LogP contribution in [0.25, 0.3) is 11.3 Å². The van der Waals surface area contributed by atoms with Crippen molar-refractivity contribution < 1.29 is 4.79 Å². The number of hydrogen-bond acceptors (Lipinski definition) is 5. The average molecular weight is 386 g/mol. The zero-order valence-corrected chi connectivity index (χ0v) is 16.1. The molecule has 0 aliphatic heterocycles. The Kier molecular flexibility index (Phi) is 5.12. The Labute approximate surface area is 167 Å². The van der Waals surface area contributed by atoms with E-state index in [0.717, 1.165) is 28.3 Å². The first kappa shape index (κ1) is 17.9. The molecule has 0 atom stereocenters. The highest BCUT2D eigenvalue weighted by atomic mass is 32.1. The highest BCUT2D eigenvalue weighted by molar-refractivity contribution is 7.03. The van der Waals surface area contributed by atoms with Crippen LogP contribution in [0.2, 0.25) is 0 Å². The lowest BCUT2D eigenvalue weighted by molar-refractivity contribution is 0.102. The van der Waals surface area contributed by atoms with Gasteiger partial charge in [-0.2, -0.15) is 0 Å². The molecule has 4 rings (SSSR count). The molecule has 1 N–H and O–H groups in total. The van der Waals surface area contributed by atoms with Crippen molar-refractivity contribution >= 4 is 34.5 Å². The van der Waals surface area contributed by atoms with Crippen LogP contribution in [0.4, 0.5) is 17.1 Å². The van der Waals surface area contributed by atoms with E-state index in [1.54, 1.807) is 0 Å². The lowest BCUT2D eigenvalue weighted by Gasteiger charge is -2.22. The van der Waals surface area contributed by atoms with E-state index < -0.39 is 0 Å². The van der Waals surface area contributed by atoms with Gasteiger partial charge in [-0.15, -0.1) is 5.10 Å². The summed E-state index contributed by atoms with van der Waals surface area (Å²) in [5.41, 5.74) is 5.00. The predicted molar refractivity (Wildman–Crippen MR) is 114 cm³/mol. The van der Waals surface area contributed by atoms with Crippen molar-refractivity contribution in [3.05, 3.63) is 89.8 Å². The third-order valence-electron chi connectivity index (χ3n) is 4.45. The average Bonchev–Trinajstić information content (AvgIpc) is 3.29. The molecule has 6 heteroatoms. The first-order valence-electron chi connectivity index (χ1n) is 8.79. The zero-order valence-electron chi connectivity index (χ0n) is 15.2. The van der Waals surface area contributed by atoms with Gasteiger partial charge in [0.05, 0.1) is 11.3 Å². The number of amides is 1. The van der Waals surface area contributed by atoms with Crippen molar-refractivity contribution in [2.24, 2.45) is 0 Å². The molecule has 0 radical (unpaired) electrons. The van der Waals surface area contributed by atoms with Crippen LogP contribution in [0, 0.1) is 0 Å². The maximum atomic E-state index is 12.9. The van der Waals surface area contributed by atoms with E-state index in [1.807, 2.05) is 96.2 Å². The number of nitrogens with one attached hydrogen (secondary N) is 1. The maximum Gasteiger partial charge on any atom is 0.257 e. The second-order valence-corrected chi connectivity index (χ2v) is 6.84. The zero-order chi connectivity index (χ0) is 19.3. The fraction of sp³-hybridized carbons (Fsp3) is 0.0455. The predicted octanol–water partition coefficient (Wildman–Crippen LogP) is 5.23. The molecule has 0 bridgehead atoms. The topological polar surface area (TPSA) is 58.1 Å². The van der Waals surface area contributed by atoms with Gasteiger partial charge in [0.15, 0.2) is 0 Å². The minimum Gasteiger partial charge on any atom is -0.344 e. The molecule has 1 amide bonds. The van der Waals surface area contributed by atoms with Gasteiger partial charge in [0, 0.05) is 29.4 Å². The van der Waals surface area contributed by atoms with Crippen molar-refractivity contribution in [3.8, 4) is 11.3 Å². The van der Waals surface area contributed by atoms with E-state index in [1.165, 1.54) is 11.5 Å². The van der Waals surface area contributed by atoms with Gasteiger partial charge >= 0.3 is 0 Å². The van der Waals surface area contributed by atoms with Gasteiger partial charge in [-0.3, -0.25) is 4.79 Å². The molecule has 0 unspecified atom stereocenters. The van der Waals surface area contributed by atoms with Gasteiger partial charge in [0.2, 0.25) is 0 Å². The normalized spacial score (nSPS) is 10.5. The molecule has 1 aromatic heterocycles. The molecule has 3 aromatic carbocycles. The monoisotopic (exact) mass is 386 g/mol. The van der Waals surface area contributed by atoms with Crippen LogP contribution in [0.15, 0.2) is 84.2 Å². The number of nitrogens with zero attached hydrogens (tertiary/aromatic N) is 3. The van der Waals surface area contributed by atoms with Gasteiger partial charge in [-0.05, 0) is 47.9 Å². The fourth-order valence-electron chi connectivity index (χ4n) is 2.96. The summed E-state index contributed by atoms with van der Waals surface area (Å²) in [6.45, 7) is 0. The van der Waals surface area contributed by atoms with Crippen LogP contribution in [0.5, 0.6) is 0 Å². The van der Waals surface area contributed by atoms with Crippen LogP contribution in [0.1, 0.15) is 10.4 Å². The van der Waals surface area contributed by atoms with Crippen LogP contribution < -0.4 is 10.2 Å². The first-order chi connectivity index (χ1) is 13.7. The molecule has 0 spiro atoms. The fourth-order valence-corrected chi connectivity index (χ4v) is 3.43. The molecule has 138 valence electrons. The van der Waals surface area contributed by atoms with Gasteiger partial charge in [-0.25, -0.2) is 0 Å². The van der Waals surface area contributed by atoms with Crippen molar-refractivity contribution in [1.82, 2.24) is 9.59 Å². The quantitative estimate of drug-likeness (QED) is 0.510. The summed E-state index contributed by atoms with van der Waals surface area (Å²) in [4.78, 5) is 14.9. The third-order valence-corrected chi connectivity index (χ3v) is 4.96. The summed E-state index contributed by atoms with van der Waals surface area (Å²) in [5, 5.41) is 8.93. The largest absolute Gasteiger partial charge is 0.344 e. The second kappa shape index (κ2) is 8.02. The van der Waals surface area contributed by atoms with Gasteiger partial charge in [-0.1, -0.05) is 47.0 Å². The summed E-state index contributed by atoms with van der Waals surface area (Å²) in [6.07, 6.45) is 0. The number of para-hydroxylation sites is 2. The lowest BCUT2D eigenvalue weighted by atomic mass is 10.1. The summed E-state index contributed by atoms with van der Waals surface area (Å²) in [6, 6.07) is 25.1. The summed E-state index contributed by atoms with van der Waals surface area (Å²) < 4.78 is 3.88. The summed E-state index contributed by atoms with van der Waals surface area (Å²) in [7, 11) is 1.96. The molecule has 1 heterocycles. The van der Waals surface area contributed by atoms with Crippen molar-refractivity contribution in [1.29, 1.82) is 0 Å². The summed E-state index contributed by atoms with van der Waals surface area (Å²) >= 11 is 1.31. The smallest absolute Gasteiger partial charge is 0.257 e. The van der Waals surface area contributed by atoms with Crippen LogP contribution in [0.3, 0.4) is 0 Å². The molecule has 0 fully saturated rings. The van der Waals surface area contributed by atoms with E-state index in [-0.39, 0.29) is 5.91 Å². The molecule has 0 saturated carbocycles. The number of aromatic nitrogens is 2. The molecule has 0 aliphatic rings. The van der Waals surface area contributed by atoms with E-state index in [9.17, 15) is 4.79 Å². The third kappa shape index (κ3) is 3.77. The van der Waals surface area contributed by atoms with Crippen molar-refractivity contribution in [2.45, 2.75) is 0 Å². The number of carbonyl (C=O) groups is 1. The van der Waals surface area contributed by atoms with Crippen LogP contribution in [-0.4, -0.2) is 22.5 Å². The van der Waals surface area contributed by atoms with Crippen LogP contribution in [-0.2, 0) is 0 Å². The number of benzene rings is 3. The maximum absolute atomic E-state index is 12.9.